The molecular weight excluding hydrogens is 142 g/mol. The van der Waals surface area contributed by atoms with Crippen LogP contribution in [0.1, 0.15) is 0 Å². The zero-order valence-electron chi connectivity index (χ0n) is 5.64. The highest BCUT2D eigenvalue weighted by atomic mass is 16.1. The summed E-state index contributed by atoms with van der Waals surface area (Å²) in [5.74, 6) is 0. The summed E-state index contributed by atoms with van der Waals surface area (Å²) in [7, 11) is 0. The van der Waals surface area contributed by atoms with Crippen LogP contribution < -0.4 is 5.43 Å². The fraction of sp³-hybridized carbons (Fsp3) is 0. The molecule has 0 spiro atoms. The predicted molar refractivity (Wildman–Crippen MR) is 41.5 cm³/mol. The number of rotatable bonds is 1. The zero-order chi connectivity index (χ0) is 8.10. The Balaban J connectivity index is 3.40. The van der Waals surface area contributed by atoms with E-state index in [0.717, 1.165) is 0 Å². The molecule has 0 amide bonds. The summed E-state index contributed by atoms with van der Waals surface area (Å²) >= 11 is 0. The van der Waals surface area contributed by atoms with Gasteiger partial charge in [0, 0.05) is 4.91 Å². The fourth-order valence-corrected chi connectivity index (χ4v) is 0.652. The number of nitrogens with zero attached hydrogens (tertiary/aromatic N) is 3. The van der Waals surface area contributed by atoms with E-state index >= 15 is 0 Å². The molecule has 4 nitrogen and oxygen atoms in total. The van der Waals surface area contributed by atoms with Crippen LogP contribution in [0.2, 0.25) is 0 Å². The number of hydrogen-bond donors (Lipinski definition) is 0. The topological polar surface area (TPSA) is 65.8 Å². The largest absolute Gasteiger partial charge is 0.289 e. The Kier molecular flexibility index (Phi) is 2.25. The van der Waals surface area contributed by atoms with Crippen molar-refractivity contribution in [1.82, 2.24) is 0 Å². The van der Waals surface area contributed by atoms with Crippen LogP contribution in [-0.2, 0) is 0 Å². The molecule has 0 aliphatic rings. The van der Waals surface area contributed by atoms with Crippen LogP contribution in [0.15, 0.2) is 40.2 Å². The van der Waals surface area contributed by atoms with Crippen molar-refractivity contribution in [3.8, 4) is 0 Å². The van der Waals surface area contributed by atoms with Crippen molar-refractivity contribution < 1.29 is 0 Å². The minimum atomic E-state index is -0.271. The van der Waals surface area contributed by atoms with Gasteiger partial charge < -0.3 is 0 Å². The Morgan fingerprint density at radius 1 is 1.27 bits per heavy atom. The normalized spacial score (nSPS) is 8.36. The first-order valence-electron chi connectivity index (χ1n) is 2.99. The Labute approximate surface area is 62.7 Å². The third-order valence-electron chi connectivity index (χ3n) is 1.13. The summed E-state index contributed by atoms with van der Waals surface area (Å²) < 4.78 is 0. The van der Waals surface area contributed by atoms with Gasteiger partial charge in [-0.05, 0) is 17.7 Å². The van der Waals surface area contributed by atoms with Crippen molar-refractivity contribution in [2.75, 3.05) is 0 Å². The van der Waals surface area contributed by atoms with E-state index in [-0.39, 0.29) is 11.1 Å². The molecule has 0 atom stereocenters. The number of hydrogen-bond acceptors (Lipinski definition) is 2. The summed E-state index contributed by atoms with van der Waals surface area (Å²) in [6.07, 6.45) is 0. The second-order valence-corrected chi connectivity index (χ2v) is 1.85. The SMILES string of the molecule is [N-]=[N+]=Nc1cccccc1=O. The molecule has 1 rings (SSSR count). The summed E-state index contributed by atoms with van der Waals surface area (Å²) in [6.45, 7) is 0. The van der Waals surface area contributed by atoms with Gasteiger partial charge in [0.05, 0.1) is 5.69 Å². The van der Waals surface area contributed by atoms with E-state index in [2.05, 4.69) is 10.0 Å². The predicted octanol–water partition coefficient (Wildman–Crippen LogP) is 1.99. The molecule has 0 radical (unpaired) electrons. The second-order valence-electron chi connectivity index (χ2n) is 1.85. The molecule has 0 fully saturated rings. The van der Waals surface area contributed by atoms with Gasteiger partial charge in [0.2, 0.25) is 0 Å². The van der Waals surface area contributed by atoms with Crippen LogP contribution in [0.3, 0.4) is 0 Å². The van der Waals surface area contributed by atoms with Crippen LogP contribution >= 0.6 is 0 Å². The lowest BCUT2D eigenvalue weighted by atomic mass is 10.4. The molecule has 0 heterocycles. The van der Waals surface area contributed by atoms with E-state index in [1.165, 1.54) is 12.1 Å². The summed E-state index contributed by atoms with van der Waals surface area (Å²) in [5.41, 5.74) is 7.90. The molecule has 4 heteroatoms. The Bertz CT molecular complexity index is 355. The molecule has 0 aromatic heterocycles. The van der Waals surface area contributed by atoms with Crippen LogP contribution in [0.25, 0.3) is 10.4 Å². The first-order valence-corrected chi connectivity index (χ1v) is 2.99. The first-order chi connectivity index (χ1) is 5.34. The molecule has 0 saturated carbocycles. The van der Waals surface area contributed by atoms with Crippen molar-refractivity contribution in [3.63, 3.8) is 0 Å². The molecule has 0 N–H and O–H groups in total. The van der Waals surface area contributed by atoms with Gasteiger partial charge in [0.15, 0.2) is 5.43 Å². The van der Waals surface area contributed by atoms with Crippen LogP contribution in [0.4, 0.5) is 5.69 Å². The molecule has 0 bridgehead atoms. The van der Waals surface area contributed by atoms with Crippen molar-refractivity contribution in [2.45, 2.75) is 0 Å². The first kappa shape index (κ1) is 7.31. The Morgan fingerprint density at radius 3 is 2.73 bits per heavy atom. The average molecular weight is 147 g/mol. The lowest BCUT2D eigenvalue weighted by Crippen LogP contribution is -1.91. The van der Waals surface area contributed by atoms with Crippen LogP contribution in [-0.4, -0.2) is 0 Å². The zero-order valence-corrected chi connectivity index (χ0v) is 5.64. The van der Waals surface area contributed by atoms with Crippen molar-refractivity contribution in [3.05, 3.63) is 51.0 Å². The van der Waals surface area contributed by atoms with E-state index in [1.54, 1.807) is 18.2 Å². The average Bonchev–Trinajstić information content (AvgIpc) is 2.18. The highest BCUT2D eigenvalue weighted by Crippen LogP contribution is 2.00. The molecule has 0 unspecified atom stereocenters. The minimum absolute atomic E-state index is 0.123. The fourth-order valence-electron chi connectivity index (χ4n) is 0.652. The lowest BCUT2D eigenvalue weighted by Gasteiger charge is -1.76. The van der Waals surface area contributed by atoms with Crippen LogP contribution in [0.5, 0.6) is 0 Å². The van der Waals surface area contributed by atoms with Crippen LogP contribution in [0, 0.1) is 0 Å². The summed E-state index contributed by atoms with van der Waals surface area (Å²) in [6, 6.07) is 7.76. The van der Waals surface area contributed by atoms with E-state index in [1.807, 2.05) is 0 Å². The van der Waals surface area contributed by atoms with Crippen molar-refractivity contribution >= 4 is 5.69 Å². The van der Waals surface area contributed by atoms with Gasteiger partial charge in [-0.2, -0.15) is 0 Å². The van der Waals surface area contributed by atoms with Gasteiger partial charge in [-0.15, -0.1) is 0 Å². The van der Waals surface area contributed by atoms with E-state index in [0.29, 0.717) is 0 Å². The highest BCUT2D eigenvalue weighted by molar-refractivity contribution is 5.34. The monoisotopic (exact) mass is 147 g/mol. The Morgan fingerprint density at radius 2 is 2.00 bits per heavy atom. The van der Waals surface area contributed by atoms with E-state index in [9.17, 15) is 4.79 Å². The molecule has 0 saturated heterocycles. The van der Waals surface area contributed by atoms with E-state index in [4.69, 9.17) is 5.53 Å². The van der Waals surface area contributed by atoms with Gasteiger partial charge in [-0.25, -0.2) is 0 Å². The van der Waals surface area contributed by atoms with E-state index < -0.39 is 0 Å². The highest BCUT2D eigenvalue weighted by Gasteiger charge is 1.88. The molecule has 11 heavy (non-hydrogen) atoms. The molecule has 0 aliphatic carbocycles. The third-order valence-corrected chi connectivity index (χ3v) is 1.13. The minimum Gasteiger partial charge on any atom is -0.289 e. The van der Waals surface area contributed by atoms with Gasteiger partial charge >= 0.3 is 0 Å². The smallest absolute Gasteiger partial charge is 0.188 e. The van der Waals surface area contributed by atoms with Gasteiger partial charge in [0.25, 0.3) is 0 Å². The maximum absolute atomic E-state index is 10.9. The third kappa shape index (κ3) is 1.81. The number of azide groups is 1. The van der Waals surface area contributed by atoms with Gasteiger partial charge in [-0.3, -0.25) is 4.79 Å². The molecular formula is C7H5N3O. The maximum Gasteiger partial charge on any atom is 0.188 e. The summed E-state index contributed by atoms with van der Waals surface area (Å²) in [4.78, 5) is 13.5. The molecule has 54 valence electrons. The lowest BCUT2D eigenvalue weighted by molar-refractivity contribution is 1.45. The van der Waals surface area contributed by atoms with Gasteiger partial charge in [0.1, 0.15) is 0 Å². The van der Waals surface area contributed by atoms with Gasteiger partial charge in [-0.1, -0.05) is 23.3 Å². The molecule has 0 aliphatic heterocycles. The second kappa shape index (κ2) is 3.39. The molecule has 1 aromatic carbocycles. The standard InChI is InChI=1S/C7H5N3O/c8-10-9-6-4-2-1-3-5-7(6)11/h1-5H. The van der Waals surface area contributed by atoms with Crippen molar-refractivity contribution in [1.29, 1.82) is 0 Å². The molecule has 1 aromatic rings. The van der Waals surface area contributed by atoms with Crippen molar-refractivity contribution in [2.24, 2.45) is 5.11 Å². The quantitative estimate of drug-likeness (QED) is 0.340. The Hall–Kier alpha value is -1.80. The summed E-state index contributed by atoms with van der Waals surface area (Å²) in [5, 5.41) is 3.21. The maximum atomic E-state index is 10.9.